The number of anilines is 1. The Hall–Kier alpha value is -3.86. The Labute approximate surface area is 239 Å². The summed E-state index contributed by atoms with van der Waals surface area (Å²) in [5.41, 5.74) is 1.90. The predicted octanol–water partition coefficient (Wildman–Crippen LogP) is 6.40. The van der Waals surface area contributed by atoms with E-state index in [0.29, 0.717) is 36.4 Å². The second kappa shape index (κ2) is 11.1. The molecule has 2 fully saturated rings. The molecule has 1 saturated carbocycles. The van der Waals surface area contributed by atoms with Gasteiger partial charge in [-0.15, -0.1) is 0 Å². The van der Waals surface area contributed by atoms with Crippen LogP contribution in [0.2, 0.25) is 0 Å². The molecule has 2 aliphatic rings. The average molecular weight is 584 g/mol. The number of piperidine rings is 1. The van der Waals surface area contributed by atoms with Crippen LogP contribution in [0.1, 0.15) is 54.1 Å². The molecule has 1 aromatic carbocycles. The Balaban J connectivity index is 1.36. The number of benzene rings is 1. The molecule has 4 aromatic rings. The monoisotopic (exact) mass is 583 g/mol. The fourth-order valence-electron chi connectivity index (χ4n) is 5.88. The van der Waals surface area contributed by atoms with E-state index in [4.69, 9.17) is 0 Å². The highest BCUT2D eigenvalue weighted by atomic mass is 19.4. The first kappa shape index (κ1) is 28.3. The van der Waals surface area contributed by atoms with Gasteiger partial charge in [0.2, 0.25) is 0 Å². The lowest BCUT2D eigenvalue weighted by atomic mass is 10.0. The van der Waals surface area contributed by atoms with E-state index in [1.54, 1.807) is 12.4 Å². The summed E-state index contributed by atoms with van der Waals surface area (Å²) in [5, 5.41) is 0.137. The summed E-state index contributed by atoms with van der Waals surface area (Å²) >= 11 is 0. The molecule has 220 valence electrons. The van der Waals surface area contributed by atoms with Crippen LogP contribution in [0.15, 0.2) is 59.9 Å². The van der Waals surface area contributed by atoms with Gasteiger partial charge < -0.3 is 9.47 Å². The van der Waals surface area contributed by atoms with Gasteiger partial charge in [0.05, 0.1) is 23.0 Å². The fourth-order valence-corrected chi connectivity index (χ4v) is 5.88. The predicted molar refractivity (Wildman–Crippen MR) is 149 cm³/mol. The molecule has 0 amide bonds. The van der Waals surface area contributed by atoms with E-state index in [1.165, 1.54) is 6.20 Å². The second-order valence-corrected chi connectivity index (χ2v) is 11.3. The van der Waals surface area contributed by atoms with Gasteiger partial charge in [0.15, 0.2) is 17.1 Å². The standard InChI is InChI=1S/C31H30F5N5O/c1-19-9-20(6-7-38-19)15-40(24-3-2-8-39(18-24)25-10-22(13-37-14-25)31(34,35)36)16-21-17-41(23-4-5-23)29-12-28(33)27(32)11-26(29)30(21)42/h6-7,9-14,17,23-24H,2-5,8,15-16,18H2,1H3/t24-/m0/s1. The molecule has 0 N–H and O–H groups in total. The summed E-state index contributed by atoms with van der Waals surface area (Å²) < 4.78 is 70.5. The van der Waals surface area contributed by atoms with Gasteiger partial charge in [0.1, 0.15) is 0 Å². The number of aromatic nitrogens is 3. The third kappa shape index (κ3) is 5.88. The molecule has 0 radical (unpaired) electrons. The minimum absolute atomic E-state index is 0.101. The lowest BCUT2D eigenvalue weighted by molar-refractivity contribution is -0.137. The number of halogens is 5. The van der Waals surface area contributed by atoms with Crippen molar-refractivity contribution in [2.45, 2.75) is 64.0 Å². The first-order valence-corrected chi connectivity index (χ1v) is 14.0. The topological polar surface area (TPSA) is 54.3 Å². The van der Waals surface area contributed by atoms with E-state index in [2.05, 4.69) is 14.9 Å². The molecular formula is C31H30F5N5O. The lowest BCUT2D eigenvalue weighted by Crippen LogP contribution is -2.48. The fraction of sp³-hybridized carbons (Fsp3) is 0.387. The molecule has 6 rings (SSSR count). The molecule has 11 heteroatoms. The number of pyridine rings is 3. The summed E-state index contributed by atoms with van der Waals surface area (Å²) in [5.74, 6) is -2.06. The Morgan fingerprint density at radius 3 is 2.55 bits per heavy atom. The molecule has 4 heterocycles. The second-order valence-electron chi connectivity index (χ2n) is 11.3. The van der Waals surface area contributed by atoms with Crippen molar-refractivity contribution in [2.75, 3.05) is 18.0 Å². The first-order chi connectivity index (χ1) is 20.1. The van der Waals surface area contributed by atoms with Crippen LogP contribution in [-0.2, 0) is 19.3 Å². The molecule has 0 unspecified atom stereocenters. The van der Waals surface area contributed by atoms with E-state index < -0.39 is 23.4 Å². The minimum atomic E-state index is -4.50. The summed E-state index contributed by atoms with van der Waals surface area (Å²) in [7, 11) is 0. The van der Waals surface area contributed by atoms with Crippen LogP contribution in [0, 0.1) is 18.6 Å². The van der Waals surface area contributed by atoms with E-state index in [9.17, 15) is 26.7 Å². The van der Waals surface area contributed by atoms with Gasteiger partial charge in [-0.2, -0.15) is 13.2 Å². The van der Waals surface area contributed by atoms with Crippen LogP contribution < -0.4 is 10.3 Å². The Morgan fingerprint density at radius 2 is 1.81 bits per heavy atom. The highest BCUT2D eigenvalue weighted by Crippen LogP contribution is 2.38. The largest absolute Gasteiger partial charge is 0.417 e. The number of hydrogen-bond acceptors (Lipinski definition) is 5. The Bertz CT molecular complexity index is 1680. The number of aryl methyl sites for hydroxylation is 1. The molecule has 3 aromatic heterocycles. The molecule has 1 aliphatic heterocycles. The minimum Gasteiger partial charge on any atom is -0.369 e. The van der Waals surface area contributed by atoms with Gasteiger partial charge in [0, 0.05) is 79.6 Å². The maximum absolute atomic E-state index is 14.3. The smallest absolute Gasteiger partial charge is 0.369 e. The Morgan fingerprint density at radius 1 is 1.02 bits per heavy atom. The zero-order valence-corrected chi connectivity index (χ0v) is 23.0. The summed E-state index contributed by atoms with van der Waals surface area (Å²) in [6.45, 7) is 3.62. The van der Waals surface area contributed by atoms with Crippen LogP contribution in [0.5, 0.6) is 0 Å². The van der Waals surface area contributed by atoms with Crippen LogP contribution >= 0.6 is 0 Å². The zero-order valence-electron chi connectivity index (χ0n) is 23.0. The quantitative estimate of drug-likeness (QED) is 0.236. The zero-order chi connectivity index (χ0) is 29.6. The molecule has 1 atom stereocenters. The number of fused-ring (bicyclic) bond motifs is 1. The molecule has 0 bridgehead atoms. The van der Waals surface area contributed by atoms with Gasteiger partial charge >= 0.3 is 6.18 Å². The third-order valence-corrected chi connectivity index (χ3v) is 8.14. The van der Waals surface area contributed by atoms with Gasteiger partial charge in [-0.25, -0.2) is 8.78 Å². The van der Waals surface area contributed by atoms with Crippen LogP contribution in [0.4, 0.5) is 27.6 Å². The highest BCUT2D eigenvalue weighted by molar-refractivity contribution is 5.80. The number of rotatable bonds is 7. The number of hydrogen-bond donors (Lipinski definition) is 0. The number of nitrogens with zero attached hydrogens (tertiary/aromatic N) is 5. The highest BCUT2D eigenvalue weighted by Gasteiger charge is 2.33. The van der Waals surface area contributed by atoms with Crippen LogP contribution in [0.25, 0.3) is 10.9 Å². The average Bonchev–Trinajstić information content (AvgIpc) is 3.80. The van der Waals surface area contributed by atoms with E-state index in [0.717, 1.165) is 61.3 Å². The first-order valence-electron chi connectivity index (χ1n) is 14.0. The summed E-state index contributed by atoms with van der Waals surface area (Å²) in [6, 6.07) is 7.08. The molecule has 42 heavy (non-hydrogen) atoms. The van der Waals surface area contributed by atoms with Crippen molar-refractivity contribution < 1.29 is 22.0 Å². The van der Waals surface area contributed by atoms with Crippen molar-refractivity contribution in [3.05, 3.63) is 99.4 Å². The van der Waals surface area contributed by atoms with Crippen molar-refractivity contribution >= 4 is 16.6 Å². The molecule has 1 aliphatic carbocycles. The lowest BCUT2D eigenvalue weighted by Gasteiger charge is -2.40. The van der Waals surface area contributed by atoms with Gasteiger partial charge in [0.25, 0.3) is 0 Å². The maximum atomic E-state index is 14.3. The number of alkyl halides is 3. The van der Waals surface area contributed by atoms with Gasteiger partial charge in [-0.1, -0.05) is 0 Å². The SMILES string of the molecule is Cc1cc(CN(Cc2cn(C3CC3)c3cc(F)c(F)cc3c2=O)[C@H]2CCCN(c3cncc(C(F)(F)F)c3)C2)ccn1. The van der Waals surface area contributed by atoms with E-state index >= 15 is 0 Å². The van der Waals surface area contributed by atoms with Gasteiger partial charge in [-0.3, -0.25) is 19.7 Å². The normalized spacial score (nSPS) is 17.8. The van der Waals surface area contributed by atoms with Gasteiger partial charge in [-0.05, 0) is 62.4 Å². The maximum Gasteiger partial charge on any atom is 0.417 e. The van der Waals surface area contributed by atoms with E-state index in [1.807, 2.05) is 28.5 Å². The van der Waals surface area contributed by atoms with Crippen molar-refractivity contribution in [3.8, 4) is 0 Å². The molecular weight excluding hydrogens is 553 g/mol. The van der Waals surface area contributed by atoms with Crippen molar-refractivity contribution in [2.24, 2.45) is 0 Å². The third-order valence-electron chi connectivity index (χ3n) is 8.14. The van der Waals surface area contributed by atoms with Crippen LogP contribution in [-0.4, -0.2) is 38.6 Å². The summed E-state index contributed by atoms with van der Waals surface area (Å²) in [4.78, 5) is 25.8. The molecule has 1 saturated heterocycles. The summed E-state index contributed by atoms with van der Waals surface area (Å²) in [6.07, 6.45) is 4.54. The Kier molecular flexibility index (Phi) is 7.46. The molecule has 6 nitrogen and oxygen atoms in total. The van der Waals surface area contributed by atoms with Crippen molar-refractivity contribution in [1.82, 2.24) is 19.4 Å². The van der Waals surface area contributed by atoms with Crippen LogP contribution in [0.3, 0.4) is 0 Å². The van der Waals surface area contributed by atoms with E-state index in [-0.39, 0.29) is 29.4 Å². The molecule has 0 spiro atoms. The van der Waals surface area contributed by atoms with Crippen molar-refractivity contribution in [1.29, 1.82) is 0 Å². The van der Waals surface area contributed by atoms with Crippen molar-refractivity contribution in [3.63, 3.8) is 0 Å².